The van der Waals surface area contributed by atoms with E-state index >= 15 is 0 Å². The number of ether oxygens (including phenoxy) is 1. The number of carbonyl (C=O) groups is 1. The molecule has 1 rings (SSSR count). The van der Waals surface area contributed by atoms with Crippen LogP contribution in [0.25, 0.3) is 0 Å². The third-order valence-electron chi connectivity index (χ3n) is 2.32. The molecule has 0 aromatic heterocycles. The van der Waals surface area contributed by atoms with Crippen LogP contribution in [0.3, 0.4) is 0 Å². The molecular formula is C13H18O4S2. The van der Waals surface area contributed by atoms with Crippen LogP contribution in [0.4, 0.5) is 0 Å². The lowest BCUT2D eigenvalue weighted by Gasteiger charge is -2.04. The van der Waals surface area contributed by atoms with Gasteiger partial charge in [0.1, 0.15) is 15.6 Å². The number of rotatable bonds is 8. The van der Waals surface area contributed by atoms with E-state index in [1.54, 1.807) is 24.3 Å². The Kier molecular flexibility index (Phi) is 6.37. The molecule has 0 fully saturated rings. The van der Waals surface area contributed by atoms with Gasteiger partial charge >= 0.3 is 0 Å². The first-order valence-electron chi connectivity index (χ1n) is 5.94. The van der Waals surface area contributed by atoms with E-state index in [1.165, 1.54) is 18.0 Å². The van der Waals surface area contributed by atoms with E-state index in [1.807, 2.05) is 6.92 Å². The summed E-state index contributed by atoms with van der Waals surface area (Å²) in [5.74, 6) is 1.59. The summed E-state index contributed by atoms with van der Waals surface area (Å²) in [4.78, 5) is 11.8. The lowest BCUT2D eigenvalue weighted by atomic mass is 10.1. The normalized spacial score (nSPS) is 11.3. The van der Waals surface area contributed by atoms with Crippen molar-refractivity contribution in [3.05, 3.63) is 29.8 Å². The van der Waals surface area contributed by atoms with Gasteiger partial charge < -0.3 is 4.74 Å². The van der Waals surface area contributed by atoms with Gasteiger partial charge in [0, 0.05) is 17.6 Å². The maximum atomic E-state index is 11.8. The fourth-order valence-electron chi connectivity index (χ4n) is 1.36. The van der Waals surface area contributed by atoms with Gasteiger partial charge in [-0.25, -0.2) is 8.42 Å². The van der Waals surface area contributed by atoms with E-state index < -0.39 is 9.84 Å². The first kappa shape index (κ1) is 16.0. The van der Waals surface area contributed by atoms with Crippen LogP contribution >= 0.6 is 11.8 Å². The third-order valence-corrected chi connectivity index (χ3v) is 4.48. The Balaban J connectivity index is 2.41. The molecule has 0 aliphatic heterocycles. The van der Waals surface area contributed by atoms with Gasteiger partial charge in [-0.1, -0.05) is 0 Å². The van der Waals surface area contributed by atoms with Crippen molar-refractivity contribution in [2.45, 2.75) is 6.92 Å². The molecule has 1 aromatic rings. The molecule has 0 bridgehead atoms. The standard InChI is InChI=1S/C13H18O4S2/c1-3-17-12-6-4-11(5-7-12)13(14)10-18-8-9-19(2,15)16/h4-7H,3,8-10H2,1-2H3. The molecule has 4 nitrogen and oxygen atoms in total. The van der Waals surface area contributed by atoms with Gasteiger partial charge in [0.2, 0.25) is 0 Å². The fourth-order valence-corrected chi connectivity index (χ4v) is 3.54. The summed E-state index contributed by atoms with van der Waals surface area (Å²) in [6.07, 6.45) is 1.20. The van der Waals surface area contributed by atoms with Gasteiger partial charge in [-0.15, -0.1) is 0 Å². The van der Waals surface area contributed by atoms with Crippen molar-refractivity contribution in [1.29, 1.82) is 0 Å². The van der Waals surface area contributed by atoms with Gasteiger partial charge in [-0.3, -0.25) is 4.79 Å². The predicted molar refractivity (Wildman–Crippen MR) is 79.0 cm³/mol. The first-order chi connectivity index (χ1) is 8.92. The molecule has 0 heterocycles. The molecule has 0 unspecified atom stereocenters. The average Bonchev–Trinajstić information content (AvgIpc) is 2.34. The first-order valence-corrected chi connectivity index (χ1v) is 9.15. The van der Waals surface area contributed by atoms with Crippen LogP contribution < -0.4 is 4.74 Å². The Morgan fingerprint density at radius 3 is 2.42 bits per heavy atom. The molecule has 1 aromatic carbocycles. The maximum Gasteiger partial charge on any atom is 0.172 e. The minimum atomic E-state index is -2.95. The van der Waals surface area contributed by atoms with Gasteiger partial charge in [0.25, 0.3) is 0 Å². The Bertz CT molecular complexity index is 506. The number of hydrogen-bond donors (Lipinski definition) is 0. The highest BCUT2D eigenvalue weighted by molar-refractivity contribution is 8.01. The smallest absolute Gasteiger partial charge is 0.172 e. The van der Waals surface area contributed by atoms with Crippen LogP contribution in [-0.4, -0.2) is 44.3 Å². The number of hydrogen-bond acceptors (Lipinski definition) is 5. The number of benzene rings is 1. The summed E-state index contributed by atoms with van der Waals surface area (Å²) < 4.78 is 27.2. The minimum Gasteiger partial charge on any atom is -0.494 e. The zero-order valence-corrected chi connectivity index (χ0v) is 12.7. The number of thioether (sulfide) groups is 1. The van der Waals surface area contributed by atoms with Crippen LogP contribution in [0.1, 0.15) is 17.3 Å². The Labute approximate surface area is 118 Å². The zero-order chi connectivity index (χ0) is 14.3. The summed E-state index contributed by atoms with van der Waals surface area (Å²) in [6, 6.07) is 6.98. The van der Waals surface area contributed by atoms with E-state index in [4.69, 9.17) is 4.74 Å². The second-order valence-electron chi connectivity index (χ2n) is 4.06. The topological polar surface area (TPSA) is 60.4 Å². The molecule has 0 radical (unpaired) electrons. The summed E-state index contributed by atoms with van der Waals surface area (Å²) in [6.45, 7) is 2.49. The largest absolute Gasteiger partial charge is 0.494 e. The van der Waals surface area contributed by atoms with Crippen molar-refractivity contribution in [1.82, 2.24) is 0 Å². The molecule has 0 spiro atoms. The van der Waals surface area contributed by atoms with Crippen LogP contribution in [0.5, 0.6) is 5.75 Å². The molecule has 0 N–H and O–H groups in total. The van der Waals surface area contributed by atoms with E-state index in [2.05, 4.69) is 0 Å². The SMILES string of the molecule is CCOc1ccc(C(=O)CSCCS(C)(=O)=O)cc1. The average molecular weight is 302 g/mol. The minimum absolute atomic E-state index is 0.00143. The summed E-state index contributed by atoms with van der Waals surface area (Å²) in [5, 5.41) is 0. The number of carbonyl (C=O) groups excluding carboxylic acids is 1. The lowest BCUT2D eigenvalue weighted by molar-refractivity contribution is 0.102. The Hall–Kier alpha value is -1.01. The molecule has 0 saturated heterocycles. The highest BCUT2D eigenvalue weighted by Gasteiger charge is 2.07. The quantitative estimate of drug-likeness (QED) is 0.543. The van der Waals surface area contributed by atoms with Crippen LogP contribution in [0.2, 0.25) is 0 Å². The third kappa shape index (κ3) is 6.63. The Morgan fingerprint density at radius 1 is 1.26 bits per heavy atom. The maximum absolute atomic E-state index is 11.8. The number of ketones is 1. The van der Waals surface area contributed by atoms with Crippen molar-refractivity contribution < 1.29 is 17.9 Å². The predicted octanol–water partition coefficient (Wildman–Crippen LogP) is 2.05. The second-order valence-corrected chi connectivity index (χ2v) is 7.43. The van der Waals surface area contributed by atoms with Crippen molar-refractivity contribution in [2.75, 3.05) is 30.1 Å². The van der Waals surface area contributed by atoms with Gasteiger partial charge in [0.15, 0.2) is 5.78 Å². The molecule has 6 heteroatoms. The molecule has 0 amide bonds. The van der Waals surface area contributed by atoms with E-state index in [0.717, 1.165) is 5.75 Å². The summed E-state index contributed by atoms with van der Waals surface area (Å²) in [5.41, 5.74) is 0.621. The zero-order valence-electron chi connectivity index (χ0n) is 11.1. The van der Waals surface area contributed by atoms with E-state index in [0.29, 0.717) is 23.7 Å². The molecular weight excluding hydrogens is 284 g/mol. The summed E-state index contributed by atoms with van der Waals surface area (Å²) >= 11 is 1.34. The van der Waals surface area contributed by atoms with Gasteiger partial charge in [-0.2, -0.15) is 11.8 Å². The van der Waals surface area contributed by atoms with E-state index in [-0.39, 0.29) is 11.5 Å². The van der Waals surface area contributed by atoms with Crippen molar-refractivity contribution >= 4 is 27.4 Å². The molecule has 106 valence electrons. The van der Waals surface area contributed by atoms with Crippen LogP contribution in [-0.2, 0) is 9.84 Å². The van der Waals surface area contributed by atoms with Crippen LogP contribution in [0, 0.1) is 0 Å². The number of Topliss-reactive ketones (excluding diaryl/α,β-unsaturated/α-hetero) is 1. The highest BCUT2D eigenvalue weighted by Crippen LogP contribution is 2.14. The summed E-state index contributed by atoms with van der Waals surface area (Å²) in [7, 11) is -2.95. The molecule has 0 atom stereocenters. The monoisotopic (exact) mass is 302 g/mol. The second kappa shape index (κ2) is 7.55. The molecule has 19 heavy (non-hydrogen) atoms. The highest BCUT2D eigenvalue weighted by atomic mass is 32.2. The van der Waals surface area contributed by atoms with Crippen molar-refractivity contribution in [3.63, 3.8) is 0 Å². The molecule has 0 aliphatic rings. The lowest BCUT2D eigenvalue weighted by Crippen LogP contribution is -2.08. The number of sulfone groups is 1. The fraction of sp³-hybridized carbons (Fsp3) is 0.462. The van der Waals surface area contributed by atoms with Crippen molar-refractivity contribution in [2.24, 2.45) is 0 Å². The Morgan fingerprint density at radius 2 is 1.89 bits per heavy atom. The van der Waals surface area contributed by atoms with Gasteiger partial charge in [0.05, 0.1) is 18.1 Å². The van der Waals surface area contributed by atoms with E-state index in [9.17, 15) is 13.2 Å². The van der Waals surface area contributed by atoms with Gasteiger partial charge in [-0.05, 0) is 31.2 Å². The molecule has 0 saturated carbocycles. The van der Waals surface area contributed by atoms with Crippen molar-refractivity contribution in [3.8, 4) is 5.75 Å². The molecule has 0 aliphatic carbocycles. The van der Waals surface area contributed by atoms with Crippen LogP contribution in [0.15, 0.2) is 24.3 Å².